The highest BCUT2D eigenvalue weighted by molar-refractivity contribution is 7.99. The Bertz CT molecular complexity index is 425. The van der Waals surface area contributed by atoms with Crippen molar-refractivity contribution in [2.45, 2.75) is 18.9 Å². The van der Waals surface area contributed by atoms with E-state index in [2.05, 4.69) is 5.32 Å². The van der Waals surface area contributed by atoms with Gasteiger partial charge in [0.1, 0.15) is 0 Å². The van der Waals surface area contributed by atoms with Gasteiger partial charge in [-0.25, -0.2) is 8.42 Å². The van der Waals surface area contributed by atoms with Crippen LogP contribution in [0.5, 0.6) is 0 Å². The van der Waals surface area contributed by atoms with Crippen molar-refractivity contribution in [3.63, 3.8) is 0 Å². The molecular formula is C12H22N2O3S2. The second-order valence-corrected chi connectivity index (χ2v) is 8.70. The summed E-state index contributed by atoms with van der Waals surface area (Å²) in [5.41, 5.74) is 0. The van der Waals surface area contributed by atoms with E-state index >= 15 is 0 Å². The number of amides is 1. The standard InChI is InChI=1S/C12H22N2O3S2/c1-13-11-8-18-5-4-14(12(11)15)7-10-3-2-6-19(16,17)9-10/h10-11,13H,2-9H2,1H3. The summed E-state index contributed by atoms with van der Waals surface area (Å²) in [5.74, 6) is 2.53. The normalized spacial score (nSPS) is 32.1. The van der Waals surface area contributed by atoms with Gasteiger partial charge in [0.15, 0.2) is 9.84 Å². The van der Waals surface area contributed by atoms with E-state index in [-0.39, 0.29) is 23.6 Å². The van der Waals surface area contributed by atoms with Gasteiger partial charge in [0.25, 0.3) is 0 Å². The molecule has 5 nitrogen and oxygen atoms in total. The summed E-state index contributed by atoms with van der Waals surface area (Å²) in [6, 6.07) is -0.132. The van der Waals surface area contributed by atoms with Crippen LogP contribution in [0.1, 0.15) is 12.8 Å². The molecule has 0 bridgehead atoms. The first-order valence-electron chi connectivity index (χ1n) is 6.76. The van der Waals surface area contributed by atoms with E-state index in [4.69, 9.17) is 0 Å². The Labute approximate surface area is 119 Å². The minimum atomic E-state index is -2.89. The first-order chi connectivity index (χ1) is 9.02. The second-order valence-electron chi connectivity index (χ2n) is 5.32. The first kappa shape index (κ1) is 15.1. The monoisotopic (exact) mass is 306 g/mol. The molecule has 2 heterocycles. The van der Waals surface area contributed by atoms with Crippen molar-refractivity contribution < 1.29 is 13.2 Å². The van der Waals surface area contributed by atoms with E-state index in [9.17, 15) is 13.2 Å². The predicted octanol–water partition coefficient (Wildman–Crippen LogP) is -0.0254. The van der Waals surface area contributed by atoms with Crippen LogP contribution in [0.15, 0.2) is 0 Å². The first-order valence-corrected chi connectivity index (χ1v) is 9.73. The Kier molecular flexibility index (Phi) is 5.14. The Hall–Kier alpha value is -0.270. The van der Waals surface area contributed by atoms with E-state index in [1.165, 1.54) is 0 Å². The number of nitrogens with zero attached hydrogens (tertiary/aromatic N) is 1. The molecule has 0 saturated carbocycles. The van der Waals surface area contributed by atoms with Crippen LogP contribution < -0.4 is 5.32 Å². The molecule has 0 aliphatic carbocycles. The Balaban J connectivity index is 1.98. The van der Waals surface area contributed by atoms with Gasteiger partial charge in [-0.3, -0.25) is 4.79 Å². The fourth-order valence-electron chi connectivity index (χ4n) is 2.74. The summed E-state index contributed by atoms with van der Waals surface area (Å²) in [6.45, 7) is 1.33. The largest absolute Gasteiger partial charge is 0.340 e. The minimum absolute atomic E-state index is 0.114. The van der Waals surface area contributed by atoms with Gasteiger partial charge in [-0.15, -0.1) is 0 Å². The van der Waals surface area contributed by atoms with Crippen LogP contribution in [-0.2, 0) is 14.6 Å². The number of likely N-dealkylation sites (N-methyl/N-ethyl adjacent to an activating group) is 1. The van der Waals surface area contributed by atoms with Crippen molar-refractivity contribution in [1.82, 2.24) is 10.2 Å². The summed E-state index contributed by atoms with van der Waals surface area (Å²) in [5, 5.41) is 3.05. The molecule has 110 valence electrons. The molecule has 0 spiro atoms. The molecule has 7 heteroatoms. The summed E-state index contributed by atoms with van der Waals surface area (Å²) in [4.78, 5) is 14.2. The minimum Gasteiger partial charge on any atom is -0.340 e. The third-order valence-corrected chi connectivity index (χ3v) is 6.71. The number of hydrogen-bond donors (Lipinski definition) is 1. The molecule has 0 aromatic carbocycles. The fraction of sp³-hybridized carbons (Fsp3) is 0.917. The van der Waals surface area contributed by atoms with Gasteiger partial charge in [-0.2, -0.15) is 11.8 Å². The van der Waals surface area contributed by atoms with Gasteiger partial charge in [-0.05, 0) is 25.8 Å². The molecule has 2 unspecified atom stereocenters. The average Bonchev–Trinajstić information content (AvgIpc) is 2.51. The third-order valence-electron chi connectivity index (χ3n) is 3.78. The van der Waals surface area contributed by atoms with Crippen LogP contribution in [-0.4, -0.2) is 68.4 Å². The quantitative estimate of drug-likeness (QED) is 0.793. The number of hydrogen-bond acceptors (Lipinski definition) is 5. The lowest BCUT2D eigenvalue weighted by Crippen LogP contribution is -2.48. The second kappa shape index (κ2) is 6.45. The van der Waals surface area contributed by atoms with E-state index in [1.807, 2.05) is 4.90 Å². The summed E-state index contributed by atoms with van der Waals surface area (Å²) in [6.07, 6.45) is 1.65. The van der Waals surface area contributed by atoms with E-state index < -0.39 is 9.84 Å². The molecule has 1 amide bonds. The lowest BCUT2D eigenvalue weighted by molar-refractivity contribution is -0.132. The Morgan fingerprint density at radius 3 is 2.95 bits per heavy atom. The van der Waals surface area contributed by atoms with Crippen molar-refractivity contribution in [3.05, 3.63) is 0 Å². The molecule has 0 aromatic heterocycles. The lowest BCUT2D eigenvalue weighted by Gasteiger charge is -2.30. The van der Waals surface area contributed by atoms with Crippen LogP contribution in [0.2, 0.25) is 0 Å². The molecule has 1 N–H and O–H groups in total. The average molecular weight is 306 g/mol. The highest BCUT2D eigenvalue weighted by atomic mass is 32.2. The van der Waals surface area contributed by atoms with E-state index in [0.29, 0.717) is 12.3 Å². The van der Waals surface area contributed by atoms with Crippen LogP contribution >= 0.6 is 11.8 Å². The molecule has 2 saturated heterocycles. The van der Waals surface area contributed by atoms with Crippen molar-refractivity contribution >= 4 is 27.5 Å². The van der Waals surface area contributed by atoms with Gasteiger partial charge in [0.2, 0.25) is 5.91 Å². The van der Waals surface area contributed by atoms with Crippen molar-refractivity contribution in [1.29, 1.82) is 0 Å². The maximum absolute atomic E-state index is 12.3. The van der Waals surface area contributed by atoms with Gasteiger partial charge in [0.05, 0.1) is 17.5 Å². The van der Waals surface area contributed by atoms with Gasteiger partial charge >= 0.3 is 0 Å². The molecule has 0 aromatic rings. The van der Waals surface area contributed by atoms with Gasteiger partial charge < -0.3 is 10.2 Å². The topological polar surface area (TPSA) is 66.5 Å². The molecule has 2 fully saturated rings. The van der Waals surface area contributed by atoms with Crippen molar-refractivity contribution in [2.24, 2.45) is 5.92 Å². The zero-order valence-electron chi connectivity index (χ0n) is 11.3. The highest BCUT2D eigenvalue weighted by Gasteiger charge is 2.31. The molecule has 19 heavy (non-hydrogen) atoms. The number of carbonyl (C=O) groups excluding carboxylic acids is 1. The Morgan fingerprint density at radius 2 is 2.26 bits per heavy atom. The number of thioether (sulfide) groups is 1. The SMILES string of the molecule is CNC1CSCCN(CC2CCCS(=O)(=O)C2)C1=O. The van der Waals surface area contributed by atoms with Crippen molar-refractivity contribution in [3.8, 4) is 0 Å². The van der Waals surface area contributed by atoms with Crippen LogP contribution in [0, 0.1) is 5.92 Å². The Morgan fingerprint density at radius 1 is 1.47 bits per heavy atom. The van der Waals surface area contributed by atoms with E-state index in [0.717, 1.165) is 30.9 Å². The zero-order valence-corrected chi connectivity index (χ0v) is 12.9. The van der Waals surface area contributed by atoms with Gasteiger partial charge in [-0.1, -0.05) is 0 Å². The van der Waals surface area contributed by atoms with Crippen LogP contribution in [0.3, 0.4) is 0 Å². The molecule has 2 rings (SSSR count). The summed E-state index contributed by atoms with van der Waals surface area (Å²) < 4.78 is 23.3. The van der Waals surface area contributed by atoms with E-state index in [1.54, 1.807) is 18.8 Å². The molecular weight excluding hydrogens is 284 g/mol. The zero-order chi connectivity index (χ0) is 13.9. The number of carbonyl (C=O) groups is 1. The van der Waals surface area contributed by atoms with Crippen molar-refractivity contribution in [2.75, 3.05) is 43.1 Å². The number of rotatable bonds is 3. The molecule has 0 radical (unpaired) electrons. The van der Waals surface area contributed by atoms with Gasteiger partial charge in [0, 0.05) is 24.6 Å². The smallest absolute Gasteiger partial charge is 0.240 e. The molecule has 2 aliphatic heterocycles. The maximum Gasteiger partial charge on any atom is 0.240 e. The van der Waals surface area contributed by atoms with Crippen LogP contribution in [0.4, 0.5) is 0 Å². The number of sulfone groups is 1. The van der Waals surface area contributed by atoms with Crippen LogP contribution in [0.25, 0.3) is 0 Å². The highest BCUT2D eigenvalue weighted by Crippen LogP contribution is 2.21. The predicted molar refractivity (Wildman–Crippen MR) is 78.1 cm³/mol. The lowest BCUT2D eigenvalue weighted by atomic mass is 10.0. The molecule has 2 aliphatic rings. The maximum atomic E-state index is 12.3. The number of nitrogens with one attached hydrogen (secondary N) is 1. The third kappa shape index (κ3) is 4.10. The summed E-state index contributed by atoms with van der Waals surface area (Å²) >= 11 is 1.77. The molecule has 2 atom stereocenters. The fourth-order valence-corrected chi connectivity index (χ4v) is 5.56. The summed E-state index contributed by atoms with van der Waals surface area (Å²) in [7, 11) is -1.08.